The first-order valence-corrected chi connectivity index (χ1v) is 9.86. The maximum atomic E-state index is 4.82. The van der Waals surface area contributed by atoms with Crippen LogP contribution in [0.25, 0.3) is 22.3 Å². The molecule has 0 saturated carbocycles. The van der Waals surface area contributed by atoms with Crippen molar-refractivity contribution in [1.82, 2.24) is 9.97 Å². The number of fused-ring (bicyclic) bond motifs is 1. The van der Waals surface area contributed by atoms with Gasteiger partial charge in [0.2, 0.25) is 0 Å². The fraction of sp³-hybridized carbons (Fsp3) is 0. The van der Waals surface area contributed by atoms with Crippen LogP contribution in [0.2, 0.25) is 0 Å². The van der Waals surface area contributed by atoms with E-state index in [1.54, 1.807) is 0 Å². The third-order valence-corrected chi connectivity index (χ3v) is 4.85. The van der Waals surface area contributed by atoms with Crippen molar-refractivity contribution in [2.24, 2.45) is 0 Å². The summed E-state index contributed by atoms with van der Waals surface area (Å²) in [6.07, 6.45) is 0. The summed E-state index contributed by atoms with van der Waals surface area (Å²) in [5, 5.41) is 7.86. The van der Waals surface area contributed by atoms with Crippen LogP contribution in [0.4, 0.5) is 22.9 Å². The quantitative estimate of drug-likeness (QED) is 0.348. The largest absolute Gasteiger partial charge is 0.356 e. The lowest BCUT2D eigenvalue weighted by Gasteiger charge is -2.12. The summed E-state index contributed by atoms with van der Waals surface area (Å²) >= 11 is 0. The van der Waals surface area contributed by atoms with Crippen molar-refractivity contribution in [2.45, 2.75) is 0 Å². The SMILES string of the molecule is c1ccc(Nc2ccc(Nc3nc(-c4ccccc4)nc4ccccc34)cc2)cc1. The first-order valence-electron chi connectivity index (χ1n) is 9.86. The van der Waals surface area contributed by atoms with E-state index in [1.165, 1.54) is 0 Å². The molecule has 144 valence electrons. The molecule has 1 aromatic heterocycles. The molecule has 0 fully saturated rings. The van der Waals surface area contributed by atoms with Gasteiger partial charge in [-0.25, -0.2) is 9.97 Å². The molecule has 0 bridgehead atoms. The van der Waals surface area contributed by atoms with Gasteiger partial charge in [-0.2, -0.15) is 0 Å². The Morgan fingerprint density at radius 2 is 1.03 bits per heavy atom. The van der Waals surface area contributed by atoms with Crippen molar-refractivity contribution in [1.29, 1.82) is 0 Å². The molecule has 4 nitrogen and oxygen atoms in total. The molecule has 5 rings (SSSR count). The Morgan fingerprint density at radius 3 is 1.77 bits per heavy atom. The number of nitrogens with one attached hydrogen (secondary N) is 2. The fourth-order valence-electron chi connectivity index (χ4n) is 3.35. The second-order valence-corrected chi connectivity index (χ2v) is 6.97. The Hall–Kier alpha value is -4.18. The lowest BCUT2D eigenvalue weighted by Crippen LogP contribution is -1.99. The number of hydrogen-bond acceptors (Lipinski definition) is 4. The molecule has 0 unspecified atom stereocenters. The highest BCUT2D eigenvalue weighted by Crippen LogP contribution is 2.28. The van der Waals surface area contributed by atoms with Crippen molar-refractivity contribution in [2.75, 3.05) is 10.6 Å². The van der Waals surface area contributed by atoms with Crippen LogP contribution in [0.3, 0.4) is 0 Å². The second kappa shape index (κ2) is 8.05. The van der Waals surface area contributed by atoms with Gasteiger partial charge in [-0.05, 0) is 48.5 Å². The summed E-state index contributed by atoms with van der Waals surface area (Å²) in [4.78, 5) is 9.57. The van der Waals surface area contributed by atoms with Crippen LogP contribution in [0.5, 0.6) is 0 Å². The van der Waals surface area contributed by atoms with Crippen molar-refractivity contribution in [3.8, 4) is 11.4 Å². The molecule has 30 heavy (non-hydrogen) atoms. The summed E-state index contributed by atoms with van der Waals surface area (Å²) in [6.45, 7) is 0. The standard InChI is InChI=1S/C26H20N4/c1-3-9-19(10-4-1)25-29-24-14-8-7-13-23(24)26(30-25)28-22-17-15-21(16-18-22)27-20-11-5-2-6-12-20/h1-18,27H,(H,28,29,30). The molecule has 1 heterocycles. The molecule has 0 radical (unpaired) electrons. The van der Waals surface area contributed by atoms with E-state index in [2.05, 4.69) is 22.8 Å². The van der Waals surface area contributed by atoms with E-state index in [1.807, 2.05) is 97.1 Å². The number of nitrogens with zero attached hydrogens (tertiary/aromatic N) is 2. The van der Waals surface area contributed by atoms with Crippen LogP contribution in [-0.4, -0.2) is 9.97 Å². The van der Waals surface area contributed by atoms with Gasteiger partial charge in [0.1, 0.15) is 5.82 Å². The zero-order chi connectivity index (χ0) is 20.2. The molecule has 0 aliphatic heterocycles. The fourth-order valence-corrected chi connectivity index (χ4v) is 3.35. The number of para-hydroxylation sites is 2. The van der Waals surface area contributed by atoms with E-state index in [-0.39, 0.29) is 0 Å². The molecule has 5 aromatic rings. The first-order chi connectivity index (χ1) is 14.8. The van der Waals surface area contributed by atoms with Gasteiger partial charge in [0, 0.05) is 28.0 Å². The summed E-state index contributed by atoms with van der Waals surface area (Å²) in [5.41, 5.74) is 4.97. The van der Waals surface area contributed by atoms with Crippen molar-refractivity contribution < 1.29 is 0 Å². The summed E-state index contributed by atoms with van der Waals surface area (Å²) in [6, 6.07) is 36.4. The predicted octanol–water partition coefficient (Wildman–Crippen LogP) is 6.78. The lowest BCUT2D eigenvalue weighted by atomic mass is 10.2. The minimum Gasteiger partial charge on any atom is -0.356 e. The van der Waals surface area contributed by atoms with E-state index in [9.17, 15) is 0 Å². The van der Waals surface area contributed by atoms with Crippen LogP contribution >= 0.6 is 0 Å². The topological polar surface area (TPSA) is 49.8 Å². The van der Waals surface area contributed by atoms with Crippen molar-refractivity contribution in [3.63, 3.8) is 0 Å². The van der Waals surface area contributed by atoms with Crippen LogP contribution < -0.4 is 10.6 Å². The predicted molar refractivity (Wildman–Crippen MR) is 124 cm³/mol. The molecule has 0 aliphatic carbocycles. The number of benzene rings is 4. The molecule has 0 spiro atoms. The Labute approximate surface area is 175 Å². The number of aromatic nitrogens is 2. The highest BCUT2D eigenvalue weighted by atomic mass is 15.0. The van der Waals surface area contributed by atoms with E-state index in [0.29, 0.717) is 5.82 Å². The highest BCUT2D eigenvalue weighted by Gasteiger charge is 2.09. The van der Waals surface area contributed by atoms with Crippen LogP contribution in [-0.2, 0) is 0 Å². The Bertz CT molecular complexity index is 1270. The maximum Gasteiger partial charge on any atom is 0.162 e. The summed E-state index contributed by atoms with van der Waals surface area (Å²) in [7, 11) is 0. The zero-order valence-corrected chi connectivity index (χ0v) is 16.3. The van der Waals surface area contributed by atoms with Gasteiger partial charge in [0.05, 0.1) is 5.52 Å². The van der Waals surface area contributed by atoms with Gasteiger partial charge >= 0.3 is 0 Å². The third-order valence-electron chi connectivity index (χ3n) is 4.85. The van der Waals surface area contributed by atoms with Gasteiger partial charge in [-0.1, -0.05) is 60.7 Å². The van der Waals surface area contributed by atoms with Gasteiger partial charge in [0.15, 0.2) is 5.82 Å². The van der Waals surface area contributed by atoms with E-state index in [0.717, 1.165) is 39.3 Å². The first kappa shape index (κ1) is 17.9. The minimum absolute atomic E-state index is 0.708. The van der Waals surface area contributed by atoms with Crippen LogP contribution in [0.15, 0.2) is 109 Å². The summed E-state index contributed by atoms with van der Waals surface area (Å²) < 4.78 is 0. The van der Waals surface area contributed by atoms with Crippen LogP contribution in [0, 0.1) is 0 Å². The number of anilines is 4. The van der Waals surface area contributed by atoms with Gasteiger partial charge in [0.25, 0.3) is 0 Å². The van der Waals surface area contributed by atoms with Crippen molar-refractivity contribution >= 4 is 33.8 Å². The molecule has 0 saturated heterocycles. The number of rotatable bonds is 5. The Kier molecular flexibility index (Phi) is 4.80. The monoisotopic (exact) mass is 388 g/mol. The van der Waals surface area contributed by atoms with Crippen molar-refractivity contribution in [3.05, 3.63) is 109 Å². The van der Waals surface area contributed by atoms with E-state index >= 15 is 0 Å². The number of hydrogen-bond donors (Lipinski definition) is 2. The molecule has 2 N–H and O–H groups in total. The normalized spacial score (nSPS) is 10.7. The maximum absolute atomic E-state index is 4.82. The lowest BCUT2D eigenvalue weighted by molar-refractivity contribution is 1.22. The third kappa shape index (κ3) is 3.84. The van der Waals surface area contributed by atoms with E-state index < -0.39 is 0 Å². The van der Waals surface area contributed by atoms with Crippen LogP contribution in [0.1, 0.15) is 0 Å². The molecule has 0 amide bonds. The minimum atomic E-state index is 0.708. The smallest absolute Gasteiger partial charge is 0.162 e. The summed E-state index contributed by atoms with van der Waals surface area (Å²) in [5.74, 6) is 1.50. The second-order valence-electron chi connectivity index (χ2n) is 6.97. The average Bonchev–Trinajstić information content (AvgIpc) is 2.81. The molecular weight excluding hydrogens is 368 g/mol. The molecular formula is C26H20N4. The molecule has 0 aliphatic rings. The van der Waals surface area contributed by atoms with Gasteiger partial charge in [-0.3, -0.25) is 0 Å². The highest BCUT2D eigenvalue weighted by molar-refractivity contribution is 5.92. The van der Waals surface area contributed by atoms with E-state index in [4.69, 9.17) is 9.97 Å². The Balaban J connectivity index is 1.46. The van der Waals surface area contributed by atoms with Gasteiger partial charge < -0.3 is 10.6 Å². The Morgan fingerprint density at radius 1 is 0.467 bits per heavy atom. The zero-order valence-electron chi connectivity index (χ0n) is 16.3. The molecule has 0 atom stereocenters. The van der Waals surface area contributed by atoms with Gasteiger partial charge in [-0.15, -0.1) is 0 Å². The molecule has 4 aromatic carbocycles. The average molecular weight is 388 g/mol. The molecule has 4 heteroatoms.